The van der Waals surface area contributed by atoms with Gasteiger partial charge < -0.3 is 9.64 Å². The lowest BCUT2D eigenvalue weighted by Gasteiger charge is -2.33. The summed E-state index contributed by atoms with van der Waals surface area (Å²) in [6.07, 6.45) is 1.86. The Morgan fingerprint density at radius 3 is 2.76 bits per heavy atom. The van der Waals surface area contributed by atoms with Gasteiger partial charge in [-0.2, -0.15) is 0 Å². The quantitative estimate of drug-likeness (QED) is 0.924. The Hall–Kier alpha value is -1.39. The summed E-state index contributed by atoms with van der Waals surface area (Å²) in [7, 11) is 0. The Morgan fingerprint density at radius 1 is 1.38 bits per heavy atom. The van der Waals surface area contributed by atoms with Gasteiger partial charge in [0, 0.05) is 18.6 Å². The topological polar surface area (TPSA) is 41.6 Å². The normalized spacial score (nSPS) is 30.9. The van der Waals surface area contributed by atoms with Gasteiger partial charge in [-0.3, -0.25) is 10.1 Å². The van der Waals surface area contributed by atoms with Crippen molar-refractivity contribution in [2.24, 2.45) is 5.92 Å². The molecule has 4 atom stereocenters. The molecule has 2 fully saturated rings. The molecule has 1 N–H and O–H groups in total. The molecule has 2 heterocycles. The molecule has 0 radical (unpaired) electrons. The van der Waals surface area contributed by atoms with E-state index in [1.807, 2.05) is 23.1 Å². The van der Waals surface area contributed by atoms with Crippen LogP contribution in [0.25, 0.3) is 0 Å². The van der Waals surface area contributed by atoms with Gasteiger partial charge >= 0.3 is 0 Å². The number of ether oxygens (including phenoxy) is 1. The minimum atomic E-state index is -0.0695. The number of carbonyl (C=O) groups is 1. The number of carbonyl (C=O) groups excluding carboxylic acids is 1. The lowest BCUT2D eigenvalue weighted by Crippen LogP contribution is -2.43. The zero-order chi connectivity index (χ0) is 14.8. The van der Waals surface area contributed by atoms with E-state index in [9.17, 15) is 4.79 Å². The second kappa shape index (κ2) is 6.16. The van der Waals surface area contributed by atoms with Crippen molar-refractivity contribution >= 4 is 5.91 Å². The van der Waals surface area contributed by atoms with Gasteiger partial charge in [0.05, 0.1) is 12.6 Å². The monoisotopic (exact) mass is 288 g/mol. The van der Waals surface area contributed by atoms with Gasteiger partial charge in [-0.15, -0.1) is 0 Å². The van der Waals surface area contributed by atoms with Crippen LogP contribution in [0.5, 0.6) is 0 Å². The number of benzene rings is 1. The molecule has 4 unspecified atom stereocenters. The summed E-state index contributed by atoms with van der Waals surface area (Å²) < 4.78 is 5.51. The predicted molar refractivity (Wildman–Crippen MR) is 81.6 cm³/mol. The Labute approximate surface area is 126 Å². The van der Waals surface area contributed by atoms with Gasteiger partial charge in [-0.25, -0.2) is 0 Å². The standard InChI is InChI=1S/C17H24N2O2/c1-3-15-17(20)19(12(2)14-9-10-21-11-14)16(18-15)13-7-5-4-6-8-13/h4-8,12,14-16,18H,3,9-11H2,1-2H3. The third-order valence-corrected chi connectivity index (χ3v) is 4.80. The molecule has 1 amide bonds. The molecule has 1 aromatic rings. The van der Waals surface area contributed by atoms with Crippen LogP contribution in [0.1, 0.15) is 38.4 Å². The first-order valence-electron chi connectivity index (χ1n) is 7.93. The van der Waals surface area contributed by atoms with E-state index in [1.165, 1.54) is 0 Å². The Kier molecular flexibility index (Phi) is 4.27. The van der Waals surface area contributed by atoms with Crippen LogP contribution in [0, 0.1) is 5.92 Å². The van der Waals surface area contributed by atoms with Crippen LogP contribution in [0.4, 0.5) is 0 Å². The lowest BCUT2D eigenvalue weighted by molar-refractivity contribution is -0.133. The van der Waals surface area contributed by atoms with Crippen molar-refractivity contribution in [1.82, 2.24) is 10.2 Å². The first-order valence-corrected chi connectivity index (χ1v) is 7.93. The Bertz CT molecular complexity index is 485. The fraction of sp³-hybridized carbons (Fsp3) is 0.588. The summed E-state index contributed by atoms with van der Waals surface area (Å²) in [4.78, 5) is 14.8. The first-order chi connectivity index (χ1) is 10.2. The fourth-order valence-electron chi connectivity index (χ4n) is 3.43. The van der Waals surface area contributed by atoms with Gasteiger partial charge in [0.1, 0.15) is 6.17 Å². The third-order valence-electron chi connectivity index (χ3n) is 4.80. The zero-order valence-corrected chi connectivity index (χ0v) is 12.8. The number of nitrogens with one attached hydrogen (secondary N) is 1. The highest BCUT2D eigenvalue weighted by atomic mass is 16.5. The van der Waals surface area contributed by atoms with Gasteiger partial charge in [0.15, 0.2) is 0 Å². The molecular weight excluding hydrogens is 264 g/mol. The largest absolute Gasteiger partial charge is 0.381 e. The average Bonchev–Trinajstić information content (AvgIpc) is 3.15. The predicted octanol–water partition coefficient (Wildman–Crippen LogP) is 2.32. The highest BCUT2D eigenvalue weighted by molar-refractivity contribution is 5.84. The van der Waals surface area contributed by atoms with Crippen LogP contribution in [0.15, 0.2) is 30.3 Å². The summed E-state index contributed by atoms with van der Waals surface area (Å²) in [5, 5.41) is 3.50. The second-order valence-corrected chi connectivity index (χ2v) is 6.05. The van der Waals surface area contributed by atoms with Crippen LogP contribution >= 0.6 is 0 Å². The number of hydrogen-bond donors (Lipinski definition) is 1. The number of amides is 1. The van der Waals surface area contributed by atoms with Gasteiger partial charge in [-0.1, -0.05) is 37.3 Å². The van der Waals surface area contributed by atoms with Crippen molar-refractivity contribution in [3.8, 4) is 0 Å². The van der Waals surface area contributed by atoms with Crippen LogP contribution in [-0.2, 0) is 9.53 Å². The van der Waals surface area contributed by atoms with E-state index in [0.29, 0.717) is 5.92 Å². The van der Waals surface area contributed by atoms with Crippen molar-refractivity contribution in [3.63, 3.8) is 0 Å². The molecule has 4 heteroatoms. The molecule has 2 aliphatic rings. The lowest BCUT2D eigenvalue weighted by atomic mass is 9.98. The average molecular weight is 288 g/mol. The molecule has 0 bridgehead atoms. The number of nitrogens with zero attached hydrogens (tertiary/aromatic N) is 1. The maximum atomic E-state index is 12.7. The summed E-state index contributed by atoms with van der Waals surface area (Å²) in [5.41, 5.74) is 1.16. The van der Waals surface area contributed by atoms with Crippen LogP contribution in [0.2, 0.25) is 0 Å². The van der Waals surface area contributed by atoms with Gasteiger partial charge in [0.2, 0.25) is 5.91 Å². The molecule has 3 rings (SSSR count). The molecule has 0 saturated carbocycles. The molecule has 2 saturated heterocycles. The van der Waals surface area contributed by atoms with Crippen LogP contribution in [-0.4, -0.2) is 36.1 Å². The molecule has 21 heavy (non-hydrogen) atoms. The molecule has 0 aromatic heterocycles. The molecular formula is C17H24N2O2. The highest BCUT2D eigenvalue weighted by Gasteiger charge is 2.43. The van der Waals surface area contributed by atoms with Crippen molar-refractivity contribution in [2.45, 2.75) is 44.9 Å². The summed E-state index contributed by atoms with van der Waals surface area (Å²) in [6, 6.07) is 10.4. The van der Waals surface area contributed by atoms with E-state index in [1.54, 1.807) is 0 Å². The highest BCUT2D eigenvalue weighted by Crippen LogP contribution is 2.32. The fourth-order valence-corrected chi connectivity index (χ4v) is 3.43. The maximum Gasteiger partial charge on any atom is 0.241 e. The number of hydrogen-bond acceptors (Lipinski definition) is 3. The summed E-state index contributed by atoms with van der Waals surface area (Å²) >= 11 is 0. The maximum absolute atomic E-state index is 12.7. The Morgan fingerprint density at radius 2 is 2.14 bits per heavy atom. The minimum absolute atomic E-state index is 0.0146. The van der Waals surface area contributed by atoms with Gasteiger partial charge in [-0.05, 0) is 25.3 Å². The third kappa shape index (κ3) is 2.70. The molecule has 114 valence electrons. The molecule has 1 aromatic carbocycles. The van der Waals surface area contributed by atoms with Crippen LogP contribution < -0.4 is 5.32 Å². The Balaban J connectivity index is 1.87. The van der Waals surface area contributed by atoms with E-state index in [-0.39, 0.29) is 24.2 Å². The van der Waals surface area contributed by atoms with Crippen molar-refractivity contribution in [1.29, 1.82) is 0 Å². The van der Waals surface area contributed by atoms with Crippen LogP contribution in [0.3, 0.4) is 0 Å². The van der Waals surface area contributed by atoms with Crippen molar-refractivity contribution in [3.05, 3.63) is 35.9 Å². The van der Waals surface area contributed by atoms with E-state index < -0.39 is 0 Å². The van der Waals surface area contributed by atoms with E-state index >= 15 is 0 Å². The van der Waals surface area contributed by atoms with E-state index in [4.69, 9.17) is 4.74 Å². The summed E-state index contributed by atoms with van der Waals surface area (Å²) in [6.45, 7) is 5.80. The minimum Gasteiger partial charge on any atom is -0.381 e. The molecule has 2 aliphatic heterocycles. The summed E-state index contributed by atoms with van der Waals surface area (Å²) in [5.74, 6) is 0.670. The molecule has 4 nitrogen and oxygen atoms in total. The van der Waals surface area contributed by atoms with Crippen molar-refractivity contribution in [2.75, 3.05) is 13.2 Å². The SMILES string of the molecule is CCC1NC(c2ccccc2)N(C(C)C2CCOC2)C1=O. The second-order valence-electron chi connectivity index (χ2n) is 6.05. The molecule has 0 aliphatic carbocycles. The van der Waals surface area contributed by atoms with Crippen molar-refractivity contribution < 1.29 is 9.53 Å². The van der Waals surface area contributed by atoms with E-state index in [2.05, 4.69) is 31.3 Å². The van der Waals surface area contributed by atoms with Gasteiger partial charge in [0.25, 0.3) is 0 Å². The number of rotatable bonds is 4. The smallest absolute Gasteiger partial charge is 0.241 e. The molecule has 0 spiro atoms. The zero-order valence-electron chi connectivity index (χ0n) is 12.8. The first kappa shape index (κ1) is 14.5. The van der Waals surface area contributed by atoms with E-state index in [0.717, 1.165) is 31.6 Å².